The van der Waals surface area contributed by atoms with Crippen molar-refractivity contribution in [2.24, 2.45) is 0 Å². The van der Waals surface area contributed by atoms with Crippen LogP contribution in [0.2, 0.25) is 0 Å². The van der Waals surface area contributed by atoms with Gasteiger partial charge in [0.25, 0.3) is 20.2 Å². The molecular weight excluding hydrogens is 400 g/mol. The first-order valence-electron chi connectivity index (χ1n) is 9.32. The van der Waals surface area contributed by atoms with E-state index in [1.807, 2.05) is 0 Å². The Morgan fingerprint density at radius 3 is 2.11 bits per heavy atom. The van der Waals surface area contributed by atoms with Gasteiger partial charge in [-0.25, -0.2) is 0 Å². The molecule has 0 aliphatic rings. The zero-order valence-electron chi connectivity index (χ0n) is 15.9. The predicted molar refractivity (Wildman–Crippen MR) is 108 cm³/mol. The fourth-order valence-corrected chi connectivity index (χ4v) is 5.37. The van der Waals surface area contributed by atoms with Crippen molar-refractivity contribution in [2.75, 3.05) is 6.61 Å². The van der Waals surface area contributed by atoms with Gasteiger partial charge in [-0.3, -0.25) is 8.74 Å². The van der Waals surface area contributed by atoms with Crippen molar-refractivity contribution in [3.8, 4) is 11.1 Å². The summed E-state index contributed by atoms with van der Waals surface area (Å²) in [5.41, 5.74) is 0.674. The molecule has 0 saturated carbocycles. The van der Waals surface area contributed by atoms with Gasteiger partial charge < -0.3 is 0 Å². The van der Waals surface area contributed by atoms with Gasteiger partial charge in [0, 0.05) is 5.56 Å². The number of benzene rings is 2. The van der Waals surface area contributed by atoms with E-state index in [1.165, 1.54) is 12.1 Å². The third kappa shape index (κ3) is 6.13. The van der Waals surface area contributed by atoms with Crippen molar-refractivity contribution < 1.29 is 25.6 Å². The first-order valence-corrected chi connectivity index (χ1v) is 12.2. The van der Waals surface area contributed by atoms with Crippen molar-refractivity contribution in [1.82, 2.24) is 0 Å². The van der Waals surface area contributed by atoms with Gasteiger partial charge in [0.15, 0.2) is 0 Å². The Kier molecular flexibility index (Phi) is 8.18. The van der Waals surface area contributed by atoms with E-state index in [1.54, 1.807) is 30.3 Å². The van der Waals surface area contributed by atoms with Gasteiger partial charge in [-0.05, 0) is 18.1 Å². The van der Waals surface area contributed by atoms with Gasteiger partial charge in [-0.1, -0.05) is 81.5 Å². The molecule has 0 aromatic heterocycles. The minimum Gasteiger partial charge on any atom is -0.282 e. The van der Waals surface area contributed by atoms with Gasteiger partial charge in [-0.2, -0.15) is 16.8 Å². The van der Waals surface area contributed by atoms with E-state index in [2.05, 4.69) is 6.92 Å². The van der Waals surface area contributed by atoms with Gasteiger partial charge in [-0.15, -0.1) is 0 Å². The second-order valence-electron chi connectivity index (χ2n) is 6.52. The van der Waals surface area contributed by atoms with Crippen molar-refractivity contribution in [3.05, 3.63) is 48.5 Å². The maximum Gasteiger partial charge on any atom is 0.299 e. The van der Waals surface area contributed by atoms with Crippen molar-refractivity contribution in [2.45, 2.75) is 55.2 Å². The zero-order chi connectivity index (χ0) is 20.6. The molecule has 6 nitrogen and oxygen atoms in total. The predicted octanol–water partition coefficient (Wildman–Crippen LogP) is 4.67. The summed E-state index contributed by atoms with van der Waals surface area (Å²) < 4.78 is 63.9. The van der Waals surface area contributed by atoms with Crippen LogP contribution in [0.25, 0.3) is 11.1 Å². The molecule has 2 aromatic carbocycles. The summed E-state index contributed by atoms with van der Waals surface area (Å²) in [6.45, 7) is 2.08. The van der Waals surface area contributed by atoms with Crippen LogP contribution in [0.1, 0.15) is 45.4 Å². The summed E-state index contributed by atoms with van der Waals surface area (Å²) in [6.07, 6.45) is 5.74. The molecule has 1 N–H and O–H groups in total. The van der Waals surface area contributed by atoms with Crippen LogP contribution >= 0.6 is 0 Å². The van der Waals surface area contributed by atoms with E-state index in [4.69, 9.17) is 4.18 Å². The summed E-state index contributed by atoms with van der Waals surface area (Å²) in [4.78, 5) is -1.22. The van der Waals surface area contributed by atoms with E-state index in [9.17, 15) is 21.4 Å². The third-order valence-corrected chi connectivity index (χ3v) is 6.77. The Morgan fingerprint density at radius 2 is 1.46 bits per heavy atom. The third-order valence-electron chi connectivity index (χ3n) is 4.33. The van der Waals surface area contributed by atoms with E-state index in [0.717, 1.165) is 38.2 Å². The van der Waals surface area contributed by atoms with E-state index in [0.29, 0.717) is 12.0 Å². The minimum atomic E-state index is -4.75. The summed E-state index contributed by atoms with van der Waals surface area (Å²) in [7, 11) is -9.14. The van der Waals surface area contributed by atoms with Crippen LogP contribution in [0.4, 0.5) is 0 Å². The Labute approximate surface area is 167 Å². The maximum absolute atomic E-state index is 12.8. The quantitative estimate of drug-likeness (QED) is 0.319. The van der Waals surface area contributed by atoms with Crippen LogP contribution in [-0.2, 0) is 24.4 Å². The average molecular weight is 427 g/mol. The van der Waals surface area contributed by atoms with E-state index < -0.39 is 30.0 Å². The Balaban J connectivity index is 2.31. The van der Waals surface area contributed by atoms with Gasteiger partial charge in [0.2, 0.25) is 0 Å². The van der Waals surface area contributed by atoms with E-state index in [-0.39, 0.29) is 12.2 Å². The van der Waals surface area contributed by atoms with Crippen LogP contribution in [0.3, 0.4) is 0 Å². The van der Waals surface area contributed by atoms with Gasteiger partial charge >= 0.3 is 0 Å². The minimum absolute atomic E-state index is 0.0392. The fraction of sp³-hybridized carbons (Fsp3) is 0.400. The average Bonchev–Trinajstić information content (AvgIpc) is 2.66. The zero-order valence-corrected chi connectivity index (χ0v) is 17.5. The standard InChI is InChI=1S/C20H26O6S2/c1-2-3-4-5-6-10-16-26-28(24,25)20-18(17-12-8-7-9-13-17)14-11-15-19(20)27(21,22)23/h7-9,11-15H,2-6,10,16H2,1H3,(H,21,22,23). The normalized spacial score (nSPS) is 12.2. The van der Waals surface area contributed by atoms with Crippen molar-refractivity contribution in [3.63, 3.8) is 0 Å². The van der Waals surface area contributed by atoms with Crippen LogP contribution < -0.4 is 0 Å². The topological polar surface area (TPSA) is 97.7 Å². The second kappa shape index (κ2) is 10.2. The van der Waals surface area contributed by atoms with Crippen LogP contribution in [-0.4, -0.2) is 28.0 Å². The monoisotopic (exact) mass is 426 g/mol. The molecule has 2 aromatic rings. The molecule has 0 atom stereocenters. The number of unbranched alkanes of at least 4 members (excludes halogenated alkanes) is 5. The SMILES string of the molecule is CCCCCCCCOS(=O)(=O)c1c(-c2ccccc2)cccc1S(=O)(=O)O. The molecular formula is C20H26O6S2. The Bertz CT molecular complexity index is 967. The molecule has 0 fully saturated rings. The molecule has 8 heteroatoms. The summed E-state index contributed by atoms with van der Waals surface area (Å²) in [6, 6.07) is 12.4. The maximum atomic E-state index is 12.8. The van der Waals surface area contributed by atoms with Gasteiger partial charge in [0.1, 0.15) is 9.79 Å². The molecule has 154 valence electrons. The van der Waals surface area contributed by atoms with Crippen molar-refractivity contribution >= 4 is 20.2 Å². The second-order valence-corrected chi connectivity index (χ2v) is 9.46. The lowest BCUT2D eigenvalue weighted by Crippen LogP contribution is -2.14. The largest absolute Gasteiger partial charge is 0.299 e. The molecule has 0 amide bonds. The molecule has 0 spiro atoms. The van der Waals surface area contributed by atoms with E-state index >= 15 is 0 Å². The summed E-state index contributed by atoms with van der Waals surface area (Å²) >= 11 is 0. The number of hydrogen-bond donors (Lipinski definition) is 1. The van der Waals surface area contributed by atoms with Gasteiger partial charge in [0.05, 0.1) is 6.61 Å². The number of hydrogen-bond acceptors (Lipinski definition) is 5. The highest BCUT2D eigenvalue weighted by Crippen LogP contribution is 2.33. The highest BCUT2D eigenvalue weighted by Gasteiger charge is 2.29. The molecule has 28 heavy (non-hydrogen) atoms. The molecule has 0 heterocycles. The lowest BCUT2D eigenvalue weighted by molar-refractivity contribution is 0.305. The molecule has 0 bridgehead atoms. The Hall–Kier alpha value is -1.74. The summed E-state index contributed by atoms with van der Waals surface area (Å²) in [5.74, 6) is 0. The van der Waals surface area contributed by atoms with Crippen molar-refractivity contribution in [1.29, 1.82) is 0 Å². The highest BCUT2D eigenvalue weighted by molar-refractivity contribution is 7.89. The van der Waals surface area contributed by atoms with Crippen LogP contribution in [0, 0.1) is 0 Å². The van der Waals surface area contributed by atoms with Crippen LogP contribution in [0.5, 0.6) is 0 Å². The smallest absolute Gasteiger partial charge is 0.282 e. The molecule has 0 radical (unpaired) electrons. The molecule has 0 aliphatic heterocycles. The lowest BCUT2D eigenvalue weighted by atomic mass is 10.1. The molecule has 0 saturated heterocycles. The lowest BCUT2D eigenvalue weighted by Gasteiger charge is -2.14. The molecule has 0 aliphatic carbocycles. The molecule has 2 rings (SSSR count). The summed E-state index contributed by atoms with van der Waals surface area (Å²) in [5, 5.41) is 0. The number of rotatable bonds is 11. The first-order chi connectivity index (χ1) is 13.3. The fourth-order valence-electron chi connectivity index (χ4n) is 2.93. The highest BCUT2D eigenvalue weighted by atomic mass is 32.2. The first kappa shape index (κ1) is 22.5. The Morgan fingerprint density at radius 1 is 0.821 bits per heavy atom. The van der Waals surface area contributed by atoms with Crippen LogP contribution in [0.15, 0.2) is 58.3 Å². The molecule has 0 unspecified atom stereocenters.